The summed E-state index contributed by atoms with van der Waals surface area (Å²) in [5.74, 6) is 4.46. The number of hydrogen-bond acceptors (Lipinski definition) is 0. The molecule has 3 aliphatic rings. The third-order valence-electron chi connectivity index (χ3n) is 6.32. The lowest BCUT2D eigenvalue weighted by molar-refractivity contribution is -0.0517. The van der Waals surface area contributed by atoms with Crippen LogP contribution in [0.3, 0.4) is 0 Å². The summed E-state index contributed by atoms with van der Waals surface area (Å²) in [5, 5.41) is 0. The molecule has 2 fully saturated rings. The summed E-state index contributed by atoms with van der Waals surface area (Å²) in [6, 6.07) is 0. The Morgan fingerprint density at radius 2 is 2.05 bits per heavy atom. The van der Waals surface area contributed by atoms with E-state index in [4.69, 9.17) is 6.42 Å². The quantitative estimate of drug-likeness (QED) is 0.526. The van der Waals surface area contributed by atoms with Crippen molar-refractivity contribution in [3.63, 3.8) is 0 Å². The summed E-state index contributed by atoms with van der Waals surface area (Å²) in [7, 11) is 0. The lowest BCUT2D eigenvalue weighted by Crippen LogP contribution is -2.49. The van der Waals surface area contributed by atoms with E-state index in [1.54, 1.807) is 5.57 Å². The fourth-order valence-electron chi connectivity index (χ4n) is 5.41. The van der Waals surface area contributed by atoms with Crippen molar-refractivity contribution in [3.8, 4) is 12.3 Å². The first-order chi connectivity index (χ1) is 8.97. The van der Waals surface area contributed by atoms with Crippen LogP contribution in [0.4, 0.5) is 0 Å². The average molecular weight is 254 g/mol. The van der Waals surface area contributed by atoms with Gasteiger partial charge in [-0.15, -0.1) is 6.42 Å². The minimum atomic E-state index is 0.502. The van der Waals surface area contributed by atoms with E-state index in [0.717, 1.165) is 17.4 Å². The molecule has 19 heavy (non-hydrogen) atoms. The topological polar surface area (TPSA) is 0 Å². The molecule has 0 nitrogen and oxygen atoms in total. The van der Waals surface area contributed by atoms with Gasteiger partial charge in [0, 0.05) is 5.57 Å². The van der Waals surface area contributed by atoms with Crippen molar-refractivity contribution in [3.05, 3.63) is 23.3 Å². The fraction of sp³-hybridized carbons (Fsp3) is 0.684. The van der Waals surface area contributed by atoms with Crippen LogP contribution in [-0.4, -0.2) is 0 Å². The Morgan fingerprint density at radius 3 is 2.79 bits per heavy atom. The molecule has 3 atom stereocenters. The normalized spacial score (nSPS) is 40.3. The van der Waals surface area contributed by atoms with Crippen LogP contribution in [0.5, 0.6) is 0 Å². The highest BCUT2D eigenvalue weighted by Crippen LogP contribution is 2.62. The zero-order chi connectivity index (χ0) is 13.7. The zero-order valence-electron chi connectivity index (χ0n) is 12.6. The minimum Gasteiger partial charge on any atom is -0.115 e. The van der Waals surface area contributed by atoms with Crippen molar-refractivity contribution in [2.45, 2.75) is 59.3 Å². The Hall–Kier alpha value is -0.960. The fourth-order valence-corrected chi connectivity index (χ4v) is 5.41. The first kappa shape index (κ1) is 13.0. The molecule has 0 aromatic rings. The Balaban J connectivity index is 1.96. The summed E-state index contributed by atoms with van der Waals surface area (Å²) >= 11 is 0. The number of hydrogen-bond donors (Lipinski definition) is 0. The molecule has 3 rings (SSSR count). The molecule has 0 spiro atoms. The van der Waals surface area contributed by atoms with E-state index in [1.165, 1.54) is 38.5 Å². The van der Waals surface area contributed by atoms with Gasteiger partial charge in [-0.25, -0.2) is 0 Å². The van der Waals surface area contributed by atoms with Gasteiger partial charge < -0.3 is 0 Å². The van der Waals surface area contributed by atoms with E-state index >= 15 is 0 Å². The smallest absolute Gasteiger partial charge is 0.0202 e. The van der Waals surface area contributed by atoms with E-state index in [0.29, 0.717) is 10.8 Å². The van der Waals surface area contributed by atoms with Crippen molar-refractivity contribution < 1.29 is 0 Å². The second-order valence-electron chi connectivity index (χ2n) is 7.75. The molecule has 0 heterocycles. The number of rotatable bonds is 0. The minimum absolute atomic E-state index is 0.502. The Bertz CT molecular complexity index is 483. The van der Waals surface area contributed by atoms with Gasteiger partial charge in [-0.05, 0) is 60.8 Å². The van der Waals surface area contributed by atoms with Crippen molar-refractivity contribution >= 4 is 0 Å². The first-order valence-electron chi connectivity index (χ1n) is 7.84. The van der Waals surface area contributed by atoms with Crippen molar-refractivity contribution in [1.82, 2.24) is 0 Å². The monoisotopic (exact) mass is 254 g/mol. The van der Waals surface area contributed by atoms with Crippen molar-refractivity contribution in [2.24, 2.45) is 22.7 Å². The summed E-state index contributed by atoms with van der Waals surface area (Å²) in [6.07, 6.45) is 18.2. The third kappa shape index (κ3) is 1.90. The maximum Gasteiger partial charge on any atom is 0.0202 e. The molecule has 0 radical (unpaired) electrons. The van der Waals surface area contributed by atoms with Gasteiger partial charge in [-0.1, -0.05) is 44.8 Å². The molecule has 0 heteroatoms. The van der Waals surface area contributed by atoms with Crippen LogP contribution in [0, 0.1) is 35.0 Å². The molecule has 2 saturated carbocycles. The molecule has 3 aliphatic carbocycles. The summed E-state index contributed by atoms with van der Waals surface area (Å²) in [4.78, 5) is 0. The van der Waals surface area contributed by atoms with Crippen LogP contribution in [0.1, 0.15) is 59.3 Å². The second kappa shape index (κ2) is 4.27. The highest BCUT2D eigenvalue weighted by Gasteiger charge is 2.53. The van der Waals surface area contributed by atoms with Crippen molar-refractivity contribution in [2.75, 3.05) is 0 Å². The molecule has 0 saturated heterocycles. The summed E-state index contributed by atoms with van der Waals surface area (Å²) in [5.41, 5.74) is 3.78. The molecular formula is C19H26. The molecule has 0 bridgehead atoms. The molecular weight excluding hydrogens is 228 g/mol. The lowest BCUT2D eigenvalue weighted by atomic mass is 9.46. The second-order valence-corrected chi connectivity index (χ2v) is 7.75. The Kier molecular flexibility index (Phi) is 2.93. The molecule has 0 aliphatic heterocycles. The van der Waals surface area contributed by atoms with Gasteiger partial charge in [-0.2, -0.15) is 0 Å². The average Bonchev–Trinajstić information content (AvgIpc) is 2.37. The molecule has 102 valence electrons. The zero-order valence-corrected chi connectivity index (χ0v) is 12.6. The third-order valence-corrected chi connectivity index (χ3v) is 6.32. The Labute approximate surface area is 118 Å². The van der Waals surface area contributed by atoms with E-state index < -0.39 is 0 Å². The van der Waals surface area contributed by atoms with Crippen LogP contribution in [-0.2, 0) is 0 Å². The maximum atomic E-state index is 5.57. The summed E-state index contributed by atoms with van der Waals surface area (Å²) in [6.45, 7) is 7.55. The summed E-state index contributed by atoms with van der Waals surface area (Å²) < 4.78 is 0. The SMILES string of the molecule is C#CC1=CC[C@H]2C(=C1)CCC1C(C)(C)CCC[C@@]12C. The lowest BCUT2D eigenvalue weighted by Gasteiger charge is -2.58. The van der Waals surface area contributed by atoms with Crippen LogP contribution in [0.2, 0.25) is 0 Å². The van der Waals surface area contributed by atoms with Crippen LogP contribution in [0.25, 0.3) is 0 Å². The van der Waals surface area contributed by atoms with Gasteiger partial charge in [0.1, 0.15) is 0 Å². The first-order valence-corrected chi connectivity index (χ1v) is 7.84. The van der Waals surface area contributed by atoms with Crippen LogP contribution >= 0.6 is 0 Å². The number of terminal acetylenes is 1. The van der Waals surface area contributed by atoms with Gasteiger partial charge in [0.25, 0.3) is 0 Å². The molecule has 0 amide bonds. The van der Waals surface area contributed by atoms with E-state index in [-0.39, 0.29) is 0 Å². The largest absolute Gasteiger partial charge is 0.115 e. The standard InChI is InChI=1S/C19H26/c1-5-14-7-9-16-15(13-14)8-10-17-18(2,3)11-6-12-19(16,17)4/h1,7,13,16-17H,6,8-12H2,2-4H3/t16-,17?,19+/m0/s1. The van der Waals surface area contributed by atoms with Gasteiger partial charge >= 0.3 is 0 Å². The number of allylic oxidation sites excluding steroid dienone is 4. The molecule has 0 N–H and O–H groups in total. The van der Waals surface area contributed by atoms with Gasteiger partial charge in [-0.3, -0.25) is 0 Å². The van der Waals surface area contributed by atoms with E-state index in [1.807, 2.05) is 0 Å². The van der Waals surface area contributed by atoms with Crippen LogP contribution in [0.15, 0.2) is 23.3 Å². The Morgan fingerprint density at radius 1 is 1.26 bits per heavy atom. The van der Waals surface area contributed by atoms with Crippen LogP contribution < -0.4 is 0 Å². The predicted molar refractivity (Wildman–Crippen MR) is 81.6 cm³/mol. The number of fused-ring (bicyclic) bond motifs is 3. The van der Waals surface area contributed by atoms with Gasteiger partial charge in [0.05, 0.1) is 0 Å². The van der Waals surface area contributed by atoms with E-state index in [9.17, 15) is 0 Å². The van der Waals surface area contributed by atoms with Crippen molar-refractivity contribution in [1.29, 1.82) is 0 Å². The molecule has 0 aromatic carbocycles. The van der Waals surface area contributed by atoms with Gasteiger partial charge in [0.15, 0.2) is 0 Å². The molecule has 0 aromatic heterocycles. The highest BCUT2D eigenvalue weighted by atomic mass is 14.6. The maximum absolute atomic E-state index is 5.57. The predicted octanol–water partition coefficient (Wildman–Crippen LogP) is 5.12. The van der Waals surface area contributed by atoms with E-state index in [2.05, 4.69) is 38.8 Å². The van der Waals surface area contributed by atoms with Gasteiger partial charge in [0.2, 0.25) is 0 Å². The molecule has 1 unspecified atom stereocenters. The highest BCUT2D eigenvalue weighted by molar-refractivity contribution is 5.43.